The van der Waals surface area contributed by atoms with Gasteiger partial charge in [0.15, 0.2) is 11.5 Å². The molecule has 1 rings (SSSR count). The molecule has 0 bridgehead atoms. The summed E-state index contributed by atoms with van der Waals surface area (Å²) < 4.78 is 23.4. The van der Waals surface area contributed by atoms with Crippen LogP contribution in [0.2, 0.25) is 0 Å². The highest BCUT2D eigenvalue weighted by atomic mass is 19.1. The largest absolute Gasteiger partial charge is 0.504 e. The van der Waals surface area contributed by atoms with Gasteiger partial charge < -0.3 is 25.4 Å². The van der Waals surface area contributed by atoms with Crippen molar-refractivity contribution in [2.75, 3.05) is 14.2 Å². The highest BCUT2D eigenvalue weighted by molar-refractivity contribution is 5.68. The Hall–Kier alpha value is -2.02. The van der Waals surface area contributed by atoms with Crippen molar-refractivity contribution in [2.45, 2.75) is 12.5 Å². The standard InChI is InChI=1S/C11H14FNO5/c1-17-7-3-5(6(13)4-8(14)15)10(16)9(12)11(7)18-2/h3,6,16H,4,13H2,1-2H3,(H,14,15). The maximum Gasteiger partial charge on any atom is 0.305 e. The number of hydrogen-bond donors (Lipinski definition) is 3. The summed E-state index contributed by atoms with van der Waals surface area (Å²) in [6.07, 6.45) is -0.442. The second-order valence-corrected chi connectivity index (χ2v) is 3.57. The Morgan fingerprint density at radius 1 is 1.50 bits per heavy atom. The number of carboxylic acids is 1. The average Bonchev–Trinajstić information content (AvgIpc) is 2.31. The number of aliphatic carboxylic acids is 1. The van der Waals surface area contributed by atoms with E-state index < -0.39 is 30.0 Å². The van der Waals surface area contributed by atoms with E-state index in [0.717, 1.165) is 0 Å². The predicted molar refractivity (Wildman–Crippen MR) is 60.4 cm³/mol. The first-order valence-electron chi connectivity index (χ1n) is 5.03. The number of aromatic hydroxyl groups is 1. The number of nitrogens with two attached hydrogens (primary N) is 1. The molecule has 0 fully saturated rings. The molecule has 0 saturated heterocycles. The molecule has 1 aromatic rings. The Kier molecular flexibility index (Phi) is 4.33. The van der Waals surface area contributed by atoms with Crippen LogP contribution in [0.25, 0.3) is 0 Å². The van der Waals surface area contributed by atoms with Crippen LogP contribution in [-0.2, 0) is 4.79 Å². The zero-order valence-electron chi connectivity index (χ0n) is 9.94. The summed E-state index contributed by atoms with van der Waals surface area (Å²) in [5.74, 6) is -3.16. The van der Waals surface area contributed by atoms with Crippen LogP contribution in [0, 0.1) is 5.82 Å². The number of ether oxygens (including phenoxy) is 2. The van der Waals surface area contributed by atoms with Gasteiger partial charge in [0.1, 0.15) is 0 Å². The summed E-state index contributed by atoms with van der Waals surface area (Å²) in [5.41, 5.74) is 5.53. The quantitative estimate of drug-likeness (QED) is 0.729. The number of phenols is 1. The van der Waals surface area contributed by atoms with Gasteiger partial charge in [0.05, 0.1) is 20.6 Å². The lowest BCUT2D eigenvalue weighted by Gasteiger charge is -2.16. The van der Waals surface area contributed by atoms with Crippen LogP contribution in [0.1, 0.15) is 18.0 Å². The van der Waals surface area contributed by atoms with Crippen LogP contribution in [0.5, 0.6) is 17.2 Å². The SMILES string of the molecule is COc1cc(C(N)CC(=O)O)c(O)c(F)c1OC. The number of halogens is 1. The highest BCUT2D eigenvalue weighted by Gasteiger charge is 2.23. The van der Waals surface area contributed by atoms with E-state index in [1.807, 2.05) is 0 Å². The Morgan fingerprint density at radius 2 is 2.11 bits per heavy atom. The molecular weight excluding hydrogens is 245 g/mol. The molecule has 0 saturated carbocycles. The molecule has 100 valence electrons. The van der Waals surface area contributed by atoms with E-state index in [0.29, 0.717) is 0 Å². The third-order valence-corrected chi connectivity index (χ3v) is 2.41. The topological polar surface area (TPSA) is 102 Å². The highest BCUT2D eigenvalue weighted by Crippen LogP contribution is 2.40. The van der Waals surface area contributed by atoms with Crippen molar-refractivity contribution in [1.82, 2.24) is 0 Å². The van der Waals surface area contributed by atoms with E-state index in [1.165, 1.54) is 20.3 Å². The van der Waals surface area contributed by atoms with Gasteiger partial charge in [-0.3, -0.25) is 4.79 Å². The van der Waals surface area contributed by atoms with E-state index in [4.69, 9.17) is 20.3 Å². The second-order valence-electron chi connectivity index (χ2n) is 3.57. The summed E-state index contributed by atoms with van der Waals surface area (Å²) in [7, 11) is 2.51. The number of benzene rings is 1. The van der Waals surface area contributed by atoms with Crippen molar-refractivity contribution < 1.29 is 28.9 Å². The maximum atomic E-state index is 13.7. The zero-order chi connectivity index (χ0) is 13.9. The average molecular weight is 259 g/mol. The van der Waals surface area contributed by atoms with Gasteiger partial charge in [-0.2, -0.15) is 4.39 Å². The van der Waals surface area contributed by atoms with Gasteiger partial charge in [-0.05, 0) is 6.07 Å². The molecule has 0 radical (unpaired) electrons. The summed E-state index contributed by atoms with van der Waals surface area (Å²) in [5, 5.41) is 18.3. The molecule has 7 heteroatoms. The van der Waals surface area contributed by atoms with Crippen molar-refractivity contribution in [3.63, 3.8) is 0 Å². The van der Waals surface area contributed by atoms with Gasteiger partial charge in [-0.1, -0.05) is 0 Å². The fourth-order valence-corrected chi connectivity index (χ4v) is 1.54. The monoisotopic (exact) mass is 259 g/mol. The first kappa shape index (κ1) is 14.0. The minimum atomic E-state index is -1.16. The number of hydrogen-bond acceptors (Lipinski definition) is 5. The van der Waals surface area contributed by atoms with Gasteiger partial charge >= 0.3 is 5.97 Å². The fraction of sp³-hybridized carbons (Fsp3) is 0.364. The number of carboxylic acid groups (broad SMARTS) is 1. The maximum absolute atomic E-state index is 13.7. The first-order valence-corrected chi connectivity index (χ1v) is 5.03. The lowest BCUT2D eigenvalue weighted by atomic mass is 10.0. The van der Waals surface area contributed by atoms with Crippen LogP contribution in [0.4, 0.5) is 4.39 Å². The molecule has 0 heterocycles. The van der Waals surface area contributed by atoms with Crippen molar-refractivity contribution in [1.29, 1.82) is 0 Å². The lowest BCUT2D eigenvalue weighted by molar-refractivity contribution is -0.137. The summed E-state index contributed by atoms with van der Waals surface area (Å²) in [4.78, 5) is 10.5. The van der Waals surface area contributed by atoms with Crippen molar-refractivity contribution in [2.24, 2.45) is 5.73 Å². The third kappa shape index (κ3) is 2.62. The minimum Gasteiger partial charge on any atom is -0.504 e. The molecular formula is C11H14FNO5. The minimum absolute atomic E-state index is 0.0311. The van der Waals surface area contributed by atoms with E-state index in [2.05, 4.69) is 0 Å². The first-order chi connectivity index (χ1) is 8.42. The molecule has 1 unspecified atom stereocenters. The molecule has 1 aromatic carbocycles. The Morgan fingerprint density at radius 3 is 2.56 bits per heavy atom. The molecule has 0 spiro atoms. The number of carbonyl (C=O) groups is 1. The molecule has 0 aliphatic rings. The van der Waals surface area contributed by atoms with Crippen molar-refractivity contribution >= 4 is 5.97 Å². The molecule has 6 nitrogen and oxygen atoms in total. The van der Waals surface area contributed by atoms with Crippen LogP contribution in [-0.4, -0.2) is 30.4 Å². The molecule has 0 amide bonds. The summed E-state index contributed by atoms with van der Waals surface area (Å²) >= 11 is 0. The molecule has 1 atom stereocenters. The lowest BCUT2D eigenvalue weighted by Crippen LogP contribution is -2.16. The molecule has 0 aliphatic heterocycles. The predicted octanol–water partition coefficient (Wildman–Crippen LogP) is 1.02. The smallest absolute Gasteiger partial charge is 0.305 e. The Bertz CT molecular complexity index is 463. The summed E-state index contributed by atoms with van der Waals surface area (Å²) in [6, 6.07) is 0.210. The van der Waals surface area contributed by atoms with Crippen LogP contribution >= 0.6 is 0 Å². The van der Waals surface area contributed by atoms with Crippen LogP contribution in [0.3, 0.4) is 0 Å². The van der Waals surface area contributed by atoms with Crippen molar-refractivity contribution in [3.8, 4) is 17.2 Å². The number of phenolic OH excluding ortho intramolecular Hbond substituents is 1. The second kappa shape index (κ2) is 5.54. The van der Waals surface area contributed by atoms with Gasteiger partial charge in [0.2, 0.25) is 11.6 Å². The van der Waals surface area contributed by atoms with E-state index in [-0.39, 0.29) is 17.1 Å². The summed E-state index contributed by atoms with van der Waals surface area (Å²) in [6.45, 7) is 0. The Balaban J connectivity index is 3.29. The number of rotatable bonds is 5. The van der Waals surface area contributed by atoms with Gasteiger partial charge in [0.25, 0.3) is 0 Å². The van der Waals surface area contributed by atoms with E-state index in [1.54, 1.807) is 0 Å². The van der Waals surface area contributed by atoms with Crippen LogP contribution in [0.15, 0.2) is 6.07 Å². The normalized spacial score (nSPS) is 12.0. The van der Waals surface area contributed by atoms with Gasteiger partial charge in [-0.25, -0.2) is 0 Å². The van der Waals surface area contributed by atoms with Crippen molar-refractivity contribution in [3.05, 3.63) is 17.4 Å². The third-order valence-electron chi connectivity index (χ3n) is 2.41. The number of methoxy groups -OCH3 is 2. The molecule has 0 aliphatic carbocycles. The Labute approximate surface area is 103 Å². The molecule has 0 aromatic heterocycles. The molecule has 4 N–H and O–H groups in total. The van der Waals surface area contributed by atoms with Crippen LogP contribution < -0.4 is 15.2 Å². The van der Waals surface area contributed by atoms with E-state index in [9.17, 15) is 14.3 Å². The zero-order valence-corrected chi connectivity index (χ0v) is 9.94. The van der Waals surface area contributed by atoms with Gasteiger partial charge in [-0.15, -0.1) is 0 Å². The fourth-order valence-electron chi connectivity index (χ4n) is 1.54. The van der Waals surface area contributed by atoms with Gasteiger partial charge in [0, 0.05) is 11.6 Å². The molecule has 18 heavy (non-hydrogen) atoms. The van der Waals surface area contributed by atoms with E-state index >= 15 is 0 Å².